The zero-order chi connectivity index (χ0) is 12.3. The van der Waals surface area contributed by atoms with E-state index in [1.54, 1.807) is 24.3 Å². The average molecular weight is 316 g/mol. The molecule has 0 aliphatic rings. The Bertz CT molecular complexity index is 531. The van der Waals surface area contributed by atoms with E-state index in [1.165, 1.54) is 12.1 Å². The summed E-state index contributed by atoms with van der Waals surface area (Å²) in [7, 11) is 0. The zero-order valence-electron chi connectivity index (χ0n) is 8.79. The van der Waals surface area contributed by atoms with Gasteiger partial charge in [0.05, 0.1) is 5.02 Å². The molecular weight excluding hydrogens is 306 g/mol. The van der Waals surface area contributed by atoms with Crippen LogP contribution in [0.3, 0.4) is 0 Å². The lowest BCUT2D eigenvalue weighted by Crippen LogP contribution is -1.96. The predicted molar refractivity (Wildman–Crippen MR) is 69.9 cm³/mol. The summed E-state index contributed by atoms with van der Waals surface area (Å²) in [6.07, 6.45) is 0. The third-order valence-electron chi connectivity index (χ3n) is 2.18. The fourth-order valence-corrected chi connectivity index (χ4v) is 2.11. The van der Waals surface area contributed by atoms with Gasteiger partial charge in [0, 0.05) is 4.47 Å². The van der Waals surface area contributed by atoms with Crippen LogP contribution in [0.4, 0.5) is 4.39 Å². The maximum absolute atomic E-state index is 12.9. The van der Waals surface area contributed by atoms with Crippen LogP contribution in [0.2, 0.25) is 5.02 Å². The van der Waals surface area contributed by atoms with Gasteiger partial charge >= 0.3 is 0 Å². The standard InChI is InChI=1S/C13H9BrClFO/c14-10-4-5-13(12(15)7-10)17-8-9-2-1-3-11(16)6-9/h1-7H,8H2. The molecule has 17 heavy (non-hydrogen) atoms. The van der Waals surface area contributed by atoms with E-state index < -0.39 is 0 Å². The van der Waals surface area contributed by atoms with Crippen molar-refractivity contribution in [3.8, 4) is 5.75 Å². The molecular formula is C13H9BrClFO. The van der Waals surface area contributed by atoms with E-state index in [0.29, 0.717) is 17.4 Å². The number of hydrogen-bond donors (Lipinski definition) is 0. The highest BCUT2D eigenvalue weighted by Crippen LogP contribution is 2.28. The van der Waals surface area contributed by atoms with Crippen LogP contribution in [0.25, 0.3) is 0 Å². The monoisotopic (exact) mass is 314 g/mol. The zero-order valence-corrected chi connectivity index (χ0v) is 11.1. The normalized spacial score (nSPS) is 10.3. The minimum absolute atomic E-state index is 0.270. The van der Waals surface area contributed by atoms with Gasteiger partial charge in [-0.2, -0.15) is 0 Å². The smallest absolute Gasteiger partial charge is 0.138 e. The number of benzene rings is 2. The van der Waals surface area contributed by atoms with Gasteiger partial charge in [-0.05, 0) is 35.9 Å². The van der Waals surface area contributed by atoms with Crippen molar-refractivity contribution in [3.63, 3.8) is 0 Å². The summed E-state index contributed by atoms with van der Waals surface area (Å²) in [4.78, 5) is 0. The van der Waals surface area contributed by atoms with Gasteiger partial charge in [0.1, 0.15) is 18.2 Å². The Kier molecular flexibility index (Phi) is 4.02. The molecule has 4 heteroatoms. The molecule has 88 valence electrons. The maximum atomic E-state index is 12.9. The summed E-state index contributed by atoms with van der Waals surface area (Å²) in [5.74, 6) is 0.312. The molecule has 0 unspecified atom stereocenters. The van der Waals surface area contributed by atoms with Crippen LogP contribution in [0, 0.1) is 5.82 Å². The van der Waals surface area contributed by atoms with Crippen molar-refractivity contribution >= 4 is 27.5 Å². The third-order valence-corrected chi connectivity index (χ3v) is 2.97. The van der Waals surface area contributed by atoms with Gasteiger partial charge in [0.2, 0.25) is 0 Å². The van der Waals surface area contributed by atoms with E-state index in [9.17, 15) is 4.39 Å². The molecule has 0 amide bonds. The van der Waals surface area contributed by atoms with E-state index in [1.807, 2.05) is 6.07 Å². The Balaban J connectivity index is 2.07. The first-order valence-corrected chi connectivity index (χ1v) is 6.14. The van der Waals surface area contributed by atoms with E-state index in [4.69, 9.17) is 16.3 Å². The first-order valence-electron chi connectivity index (χ1n) is 4.97. The van der Waals surface area contributed by atoms with Crippen molar-refractivity contribution in [1.82, 2.24) is 0 Å². The molecule has 0 saturated heterocycles. The van der Waals surface area contributed by atoms with Crippen LogP contribution in [-0.2, 0) is 6.61 Å². The van der Waals surface area contributed by atoms with Gasteiger partial charge in [-0.3, -0.25) is 0 Å². The Morgan fingerprint density at radius 2 is 2.00 bits per heavy atom. The second kappa shape index (κ2) is 5.52. The van der Waals surface area contributed by atoms with Crippen molar-refractivity contribution in [2.24, 2.45) is 0 Å². The lowest BCUT2D eigenvalue weighted by Gasteiger charge is -2.08. The predicted octanol–water partition coefficient (Wildman–Crippen LogP) is 4.82. The van der Waals surface area contributed by atoms with E-state index in [0.717, 1.165) is 10.0 Å². The molecule has 0 atom stereocenters. The summed E-state index contributed by atoms with van der Waals surface area (Å²) in [6.45, 7) is 0.291. The fraction of sp³-hybridized carbons (Fsp3) is 0.0769. The number of rotatable bonds is 3. The van der Waals surface area contributed by atoms with Gasteiger partial charge in [-0.25, -0.2) is 4.39 Å². The molecule has 0 N–H and O–H groups in total. The van der Waals surface area contributed by atoms with Crippen LogP contribution in [0.15, 0.2) is 46.9 Å². The molecule has 0 radical (unpaired) electrons. The molecule has 0 aliphatic carbocycles. The van der Waals surface area contributed by atoms with Gasteiger partial charge in [0.25, 0.3) is 0 Å². The van der Waals surface area contributed by atoms with E-state index in [-0.39, 0.29) is 5.82 Å². The average Bonchev–Trinajstić information content (AvgIpc) is 2.28. The topological polar surface area (TPSA) is 9.23 Å². The van der Waals surface area contributed by atoms with Crippen LogP contribution < -0.4 is 4.74 Å². The van der Waals surface area contributed by atoms with Gasteiger partial charge in [-0.1, -0.05) is 39.7 Å². The highest BCUT2D eigenvalue weighted by atomic mass is 79.9. The Morgan fingerprint density at radius 1 is 1.18 bits per heavy atom. The molecule has 0 saturated carbocycles. The minimum Gasteiger partial charge on any atom is -0.487 e. The molecule has 0 bridgehead atoms. The van der Waals surface area contributed by atoms with Crippen LogP contribution in [0.1, 0.15) is 5.56 Å². The number of hydrogen-bond acceptors (Lipinski definition) is 1. The first kappa shape index (κ1) is 12.4. The van der Waals surface area contributed by atoms with Crippen LogP contribution >= 0.6 is 27.5 Å². The summed E-state index contributed by atoms with van der Waals surface area (Å²) in [5.41, 5.74) is 0.768. The SMILES string of the molecule is Fc1cccc(COc2ccc(Br)cc2Cl)c1. The molecule has 1 nitrogen and oxygen atoms in total. The molecule has 2 aromatic rings. The Hall–Kier alpha value is -1.06. The fourth-order valence-electron chi connectivity index (χ4n) is 1.38. The summed E-state index contributed by atoms with van der Waals surface area (Å²) in [5, 5.41) is 0.524. The lowest BCUT2D eigenvalue weighted by atomic mass is 10.2. The van der Waals surface area contributed by atoms with Crippen molar-refractivity contribution in [2.45, 2.75) is 6.61 Å². The summed E-state index contributed by atoms with van der Waals surface area (Å²) in [6, 6.07) is 11.6. The molecule has 0 aromatic heterocycles. The highest BCUT2D eigenvalue weighted by Gasteiger charge is 2.03. The van der Waals surface area contributed by atoms with Gasteiger partial charge < -0.3 is 4.74 Å². The highest BCUT2D eigenvalue weighted by molar-refractivity contribution is 9.10. The van der Waals surface area contributed by atoms with Crippen molar-refractivity contribution in [2.75, 3.05) is 0 Å². The first-order chi connectivity index (χ1) is 8.15. The molecule has 0 aliphatic heterocycles. The van der Waals surface area contributed by atoms with E-state index in [2.05, 4.69) is 15.9 Å². The van der Waals surface area contributed by atoms with Gasteiger partial charge in [0.15, 0.2) is 0 Å². The Morgan fingerprint density at radius 3 is 2.71 bits per heavy atom. The third kappa shape index (κ3) is 3.45. The summed E-state index contributed by atoms with van der Waals surface area (Å²) < 4.78 is 19.3. The molecule has 2 rings (SSSR count). The van der Waals surface area contributed by atoms with Crippen molar-refractivity contribution < 1.29 is 9.13 Å². The number of halogens is 3. The lowest BCUT2D eigenvalue weighted by molar-refractivity contribution is 0.305. The van der Waals surface area contributed by atoms with Gasteiger partial charge in [-0.15, -0.1) is 0 Å². The second-order valence-electron chi connectivity index (χ2n) is 3.49. The van der Waals surface area contributed by atoms with Crippen molar-refractivity contribution in [1.29, 1.82) is 0 Å². The largest absolute Gasteiger partial charge is 0.487 e. The van der Waals surface area contributed by atoms with E-state index >= 15 is 0 Å². The molecule has 0 spiro atoms. The molecule has 2 aromatic carbocycles. The van der Waals surface area contributed by atoms with Crippen molar-refractivity contribution in [3.05, 3.63) is 63.3 Å². The second-order valence-corrected chi connectivity index (χ2v) is 4.82. The number of ether oxygens (including phenoxy) is 1. The maximum Gasteiger partial charge on any atom is 0.138 e. The minimum atomic E-state index is -0.270. The van der Waals surface area contributed by atoms with Crippen LogP contribution in [0.5, 0.6) is 5.75 Å². The van der Waals surface area contributed by atoms with Crippen LogP contribution in [-0.4, -0.2) is 0 Å². The molecule has 0 heterocycles. The Labute approximate surface area is 112 Å². The molecule has 0 fully saturated rings. The summed E-state index contributed by atoms with van der Waals surface area (Å²) >= 11 is 9.31. The quantitative estimate of drug-likeness (QED) is 0.789.